The molecule has 1 aromatic heterocycles. The maximum Gasteiger partial charge on any atom is 0.247 e. The molecule has 0 bridgehead atoms. The van der Waals surface area contributed by atoms with Gasteiger partial charge < -0.3 is 25.1 Å². The normalized spacial score (nSPS) is 19.5. The molecule has 5 rings (SSSR count). The van der Waals surface area contributed by atoms with Crippen LogP contribution in [0.2, 0.25) is 0 Å². The molecule has 3 heterocycles. The lowest BCUT2D eigenvalue weighted by atomic mass is 9.79. The molecule has 2 amide bonds. The van der Waals surface area contributed by atoms with E-state index in [1.54, 1.807) is 7.05 Å². The van der Waals surface area contributed by atoms with Crippen LogP contribution in [-0.4, -0.2) is 64.8 Å². The minimum absolute atomic E-state index is 0.0431. The number of anilines is 1. The van der Waals surface area contributed by atoms with Crippen molar-refractivity contribution in [3.8, 4) is 11.5 Å². The first-order valence-corrected chi connectivity index (χ1v) is 11.4. The van der Waals surface area contributed by atoms with Gasteiger partial charge in [0.05, 0.1) is 18.4 Å². The number of aliphatic hydroxyl groups excluding tert-OH is 1. The van der Waals surface area contributed by atoms with Gasteiger partial charge in [-0.1, -0.05) is 24.3 Å². The van der Waals surface area contributed by atoms with E-state index in [4.69, 9.17) is 4.42 Å². The Hall–Kier alpha value is -3.56. The second-order valence-electron chi connectivity index (χ2n) is 8.91. The summed E-state index contributed by atoms with van der Waals surface area (Å²) in [7, 11) is 1.63. The monoisotopic (exact) mass is 461 g/mol. The number of carbonyl (C=O) groups is 2. The summed E-state index contributed by atoms with van der Waals surface area (Å²) >= 11 is 0. The van der Waals surface area contributed by atoms with Crippen LogP contribution in [0.25, 0.3) is 11.5 Å². The lowest BCUT2D eigenvalue weighted by molar-refractivity contribution is -0.122. The number of benzene rings is 2. The van der Waals surface area contributed by atoms with E-state index in [0.717, 1.165) is 34.5 Å². The molecule has 176 valence electrons. The molecule has 34 heavy (non-hydrogen) atoms. The summed E-state index contributed by atoms with van der Waals surface area (Å²) in [6, 6.07) is 13.6. The Bertz CT molecular complexity index is 1200. The fourth-order valence-corrected chi connectivity index (χ4v) is 5.01. The Kier molecular flexibility index (Phi) is 6.12. The number of amides is 2. The van der Waals surface area contributed by atoms with Crippen LogP contribution >= 0.6 is 0 Å². The maximum absolute atomic E-state index is 13.3. The van der Waals surface area contributed by atoms with Gasteiger partial charge in [-0.15, -0.1) is 10.2 Å². The molecular weight excluding hydrogens is 434 g/mol. The van der Waals surface area contributed by atoms with Crippen molar-refractivity contribution in [1.29, 1.82) is 0 Å². The molecule has 9 nitrogen and oxygen atoms in total. The highest BCUT2D eigenvalue weighted by molar-refractivity contribution is 5.99. The lowest BCUT2D eigenvalue weighted by Gasteiger charge is -2.31. The molecule has 0 saturated carbocycles. The van der Waals surface area contributed by atoms with Crippen molar-refractivity contribution in [3.63, 3.8) is 0 Å². The summed E-state index contributed by atoms with van der Waals surface area (Å²) in [4.78, 5) is 27.4. The molecule has 0 radical (unpaired) electrons. The summed E-state index contributed by atoms with van der Waals surface area (Å²) < 4.78 is 5.39. The van der Waals surface area contributed by atoms with Crippen LogP contribution in [0.1, 0.15) is 34.9 Å². The van der Waals surface area contributed by atoms with Crippen molar-refractivity contribution in [2.75, 3.05) is 32.0 Å². The van der Waals surface area contributed by atoms with Crippen molar-refractivity contribution in [1.82, 2.24) is 20.4 Å². The third-order valence-electron chi connectivity index (χ3n) is 6.67. The number of rotatable bonds is 7. The first-order chi connectivity index (χ1) is 16.5. The largest absolute Gasteiger partial charge is 0.423 e. The zero-order valence-corrected chi connectivity index (χ0v) is 18.9. The van der Waals surface area contributed by atoms with Gasteiger partial charge >= 0.3 is 0 Å². The van der Waals surface area contributed by atoms with E-state index in [1.165, 1.54) is 6.39 Å². The highest BCUT2D eigenvalue weighted by Gasteiger charge is 2.35. The van der Waals surface area contributed by atoms with E-state index in [-0.39, 0.29) is 23.8 Å². The number of likely N-dealkylation sites (N-methyl/N-ethyl adjacent to an activating group) is 1. The summed E-state index contributed by atoms with van der Waals surface area (Å²) in [6.45, 7) is 1.92. The minimum Gasteiger partial charge on any atom is -0.423 e. The van der Waals surface area contributed by atoms with E-state index in [1.807, 2.05) is 42.5 Å². The highest BCUT2D eigenvalue weighted by atomic mass is 16.4. The standard InChI is InChI=1S/C25H27N5O4/c1-26-24(33)23(17-6-5-16-11-22(32)28-21(16)10-17)20(13-30-8-7-19(31)12-30)15-3-2-4-18(9-15)25-29-27-14-34-25/h2-6,9-10,14,19-20,23,31H,7-8,11-13H2,1H3,(H,26,33)(H,28,32)/t19-,20+,23?/m0/s1. The van der Waals surface area contributed by atoms with Gasteiger partial charge in [0, 0.05) is 43.9 Å². The molecule has 2 aliphatic heterocycles. The van der Waals surface area contributed by atoms with E-state index >= 15 is 0 Å². The smallest absolute Gasteiger partial charge is 0.247 e. The number of nitrogens with one attached hydrogen (secondary N) is 2. The molecule has 3 atom stereocenters. The quantitative estimate of drug-likeness (QED) is 0.492. The van der Waals surface area contributed by atoms with Gasteiger partial charge in [-0.2, -0.15) is 0 Å². The number of hydrogen-bond acceptors (Lipinski definition) is 7. The molecule has 2 aromatic carbocycles. The fraction of sp³-hybridized carbons (Fsp3) is 0.360. The van der Waals surface area contributed by atoms with E-state index in [0.29, 0.717) is 31.8 Å². The molecule has 1 saturated heterocycles. The van der Waals surface area contributed by atoms with Crippen LogP contribution in [0, 0.1) is 0 Å². The number of hydrogen-bond donors (Lipinski definition) is 3. The zero-order valence-electron chi connectivity index (χ0n) is 18.9. The van der Waals surface area contributed by atoms with Crippen molar-refractivity contribution >= 4 is 17.5 Å². The Morgan fingerprint density at radius 1 is 1.29 bits per heavy atom. The van der Waals surface area contributed by atoms with Crippen LogP contribution < -0.4 is 10.6 Å². The third-order valence-corrected chi connectivity index (χ3v) is 6.67. The van der Waals surface area contributed by atoms with Crippen molar-refractivity contribution in [2.24, 2.45) is 0 Å². The number of nitrogens with zero attached hydrogens (tertiary/aromatic N) is 3. The summed E-state index contributed by atoms with van der Waals surface area (Å²) in [5.41, 5.74) is 4.25. The van der Waals surface area contributed by atoms with Crippen LogP contribution in [0.5, 0.6) is 0 Å². The van der Waals surface area contributed by atoms with Gasteiger partial charge in [-0.05, 0) is 41.3 Å². The number of β-amino-alcohol motifs (C(OH)–C–C–N with tert-alkyl or cyclic N) is 1. The number of fused-ring (bicyclic) bond motifs is 1. The SMILES string of the molecule is CNC(=O)C(c1ccc2c(c1)NC(=O)C2)[C@H](CN1CC[C@H](O)C1)c1cccc(-c2nnco2)c1. The van der Waals surface area contributed by atoms with Crippen molar-refractivity contribution in [3.05, 3.63) is 65.5 Å². The number of aliphatic hydroxyl groups is 1. The molecule has 2 aliphatic rings. The molecule has 3 aromatic rings. The lowest BCUT2D eigenvalue weighted by Crippen LogP contribution is -2.36. The first kappa shape index (κ1) is 22.2. The number of aromatic nitrogens is 2. The Morgan fingerprint density at radius 3 is 2.91 bits per heavy atom. The molecule has 1 fully saturated rings. The van der Waals surface area contributed by atoms with Crippen molar-refractivity contribution < 1.29 is 19.1 Å². The molecular formula is C25H27N5O4. The van der Waals surface area contributed by atoms with Gasteiger partial charge in [0.25, 0.3) is 0 Å². The average Bonchev–Trinajstić information content (AvgIpc) is 3.59. The van der Waals surface area contributed by atoms with Gasteiger partial charge in [0.1, 0.15) is 0 Å². The first-order valence-electron chi connectivity index (χ1n) is 11.4. The Morgan fingerprint density at radius 2 is 2.18 bits per heavy atom. The Labute approximate surface area is 197 Å². The second kappa shape index (κ2) is 9.36. The van der Waals surface area contributed by atoms with E-state index in [2.05, 4.69) is 25.7 Å². The topological polar surface area (TPSA) is 121 Å². The van der Waals surface area contributed by atoms with Gasteiger partial charge in [-0.25, -0.2) is 0 Å². The van der Waals surface area contributed by atoms with Crippen LogP contribution in [0.4, 0.5) is 5.69 Å². The summed E-state index contributed by atoms with van der Waals surface area (Å²) in [5, 5.41) is 23.6. The van der Waals surface area contributed by atoms with E-state index in [9.17, 15) is 14.7 Å². The van der Waals surface area contributed by atoms with E-state index < -0.39 is 5.92 Å². The predicted molar refractivity (Wildman–Crippen MR) is 125 cm³/mol. The minimum atomic E-state index is -0.511. The molecule has 1 unspecified atom stereocenters. The van der Waals surface area contributed by atoms with Gasteiger partial charge in [0.15, 0.2) is 0 Å². The fourth-order valence-electron chi connectivity index (χ4n) is 5.01. The molecule has 3 N–H and O–H groups in total. The number of carbonyl (C=O) groups excluding carboxylic acids is 2. The highest BCUT2D eigenvalue weighted by Crippen LogP contribution is 2.38. The van der Waals surface area contributed by atoms with Crippen molar-refractivity contribution in [2.45, 2.75) is 30.8 Å². The molecule has 9 heteroatoms. The third kappa shape index (κ3) is 4.44. The zero-order chi connectivity index (χ0) is 23.7. The number of likely N-dealkylation sites (tertiary alicyclic amines) is 1. The summed E-state index contributed by atoms with van der Waals surface area (Å²) in [6.07, 6.45) is 1.99. The van der Waals surface area contributed by atoms with Crippen LogP contribution in [0.15, 0.2) is 53.3 Å². The second-order valence-corrected chi connectivity index (χ2v) is 8.91. The molecule has 0 aliphatic carbocycles. The van der Waals surface area contributed by atoms with Gasteiger partial charge in [-0.3, -0.25) is 9.59 Å². The van der Waals surface area contributed by atoms with Gasteiger partial charge in [0.2, 0.25) is 24.1 Å². The Balaban J connectivity index is 1.57. The molecule has 0 spiro atoms. The average molecular weight is 462 g/mol. The van der Waals surface area contributed by atoms with Crippen LogP contribution in [0.3, 0.4) is 0 Å². The van der Waals surface area contributed by atoms with Crippen LogP contribution in [-0.2, 0) is 16.0 Å². The maximum atomic E-state index is 13.3. The predicted octanol–water partition coefficient (Wildman–Crippen LogP) is 1.91. The summed E-state index contributed by atoms with van der Waals surface area (Å²) in [5.74, 6) is -0.476.